The number of allylic oxidation sites excluding steroid dienone is 2. The Hall–Kier alpha value is -0.790. The van der Waals surface area contributed by atoms with Crippen molar-refractivity contribution in [1.29, 1.82) is 0 Å². The molecule has 0 amide bonds. The van der Waals surface area contributed by atoms with Gasteiger partial charge in [-0.25, -0.2) is 0 Å². The molecule has 0 radical (unpaired) electrons. The largest absolute Gasteiger partial charge is 0.371 e. The van der Waals surface area contributed by atoms with Crippen LogP contribution >= 0.6 is 0 Å². The van der Waals surface area contributed by atoms with Crippen LogP contribution in [0.2, 0.25) is 0 Å². The van der Waals surface area contributed by atoms with Crippen molar-refractivity contribution >= 4 is 6.21 Å². The second-order valence-corrected chi connectivity index (χ2v) is 3.15. The van der Waals surface area contributed by atoms with Crippen molar-refractivity contribution in [1.82, 2.24) is 4.90 Å². The summed E-state index contributed by atoms with van der Waals surface area (Å²) in [5, 5.41) is 0. The lowest BCUT2D eigenvalue weighted by atomic mass is 10.1. The highest BCUT2D eigenvalue weighted by molar-refractivity contribution is 5.77. The number of piperidine rings is 1. The fraction of sp³-hybridized carbons (Fsp3) is 0.700. The quantitative estimate of drug-likeness (QED) is 0.573. The molecule has 0 bridgehead atoms. The van der Waals surface area contributed by atoms with Gasteiger partial charge in [0.15, 0.2) is 0 Å². The van der Waals surface area contributed by atoms with Crippen LogP contribution in [-0.2, 0) is 0 Å². The first kappa shape index (κ1) is 9.30. The molecule has 1 fully saturated rings. The van der Waals surface area contributed by atoms with E-state index in [-0.39, 0.29) is 0 Å². The van der Waals surface area contributed by atoms with Crippen molar-refractivity contribution in [2.75, 3.05) is 20.1 Å². The minimum Gasteiger partial charge on any atom is -0.371 e. The maximum Gasteiger partial charge on any atom is 0.0504 e. The van der Waals surface area contributed by atoms with E-state index in [9.17, 15) is 0 Å². The van der Waals surface area contributed by atoms with Crippen LogP contribution in [0.5, 0.6) is 0 Å². The molecular weight excluding hydrogens is 148 g/mol. The highest BCUT2D eigenvalue weighted by atomic mass is 15.1. The summed E-state index contributed by atoms with van der Waals surface area (Å²) >= 11 is 0. The predicted molar refractivity (Wildman–Crippen MR) is 53.6 cm³/mol. The van der Waals surface area contributed by atoms with Gasteiger partial charge in [-0.2, -0.15) is 0 Å². The first-order valence-electron chi connectivity index (χ1n) is 4.72. The van der Waals surface area contributed by atoms with Crippen molar-refractivity contribution in [3.8, 4) is 0 Å². The van der Waals surface area contributed by atoms with Crippen LogP contribution in [-0.4, -0.2) is 31.3 Å². The van der Waals surface area contributed by atoms with E-state index in [1.54, 1.807) is 0 Å². The topological polar surface area (TPSA) is 15.6 Å². The van der Waals surface area contributed by atoms with Crippen LogP contribution < -0.4 is 0 Å². The van der Waals surface area contributed by atoms with Crippen molar-refractivity contribution in [3.63, 3.8) is 0 Å². The third-order valence-electron chi connectivity index (χ3n) is 2.28. The van der Waals surface area contributed by atoms with Gasteiger partial charge in [-0.3, -0.25) is 4.99 Å². The zero-order valence-corrected chi connectivity index (χ0v) is 8.08. The summed E-state index contributed by atoms with van der Waals surface area (Å²) in [6.07, 6.45) is 8.13. The molecule has 0 unspecified atom stereocenters. The standard InChI is InChI=1S/C10H18N2/c1-3-10(9-11-2)12-7-5-4-6-8-12/h3,9H,4-8H2,1-2H3/b10-3-,11-9?. The molecule has 1 rings (SSSR count). The minimum atomic E-state index is 1.20. The summed E-state index contributed by atoms with van der Waals surface area (Å²) in [7, 11) is 1.83. The second-order valence-electron chi connectivity index (χ2n) is 3.15. The molecule has 0 saturated carbocycles. The molecule has 0 aromatic rings. The Kier molecular flexibility index (Phi) is 3.85. The van der Waals surface area contributed by atoms with Gasteiger partial charge in [0.25, 0.3) is 0 Å². The first-order chi connectivity index (χ1) is 5.88. The number of hydrogen-bond acceptors (Lipinski definition) is 2. The molecule has 0 aliphatic carbocycles. The minimum absolute atomic E-state index is 1.20. The summed E-state index contributed by atoms with van der Waals surface area (Å²) < 4.78 is 0. The molecule has 1 aliphatic rings. The van der Waals surface area contributed by atoms with Crippen LogP contribution in [0.4, 0.5) is 0 Å². The Balaban J connectivity index is 2.52. The number of aliphatic imine (C=N–C) groups is 1. The van der Waals surface area contributed by atoms with Crippen LogP contribution in [0.25, 0.3) is 0 Å². The second kappa shape index (κ2) is 4.96. The van der Waals surface area contributed by atoms with Gasteiger partial charge >= 0.3 is 0 Å². The third kappa shape index (κ3) is 2.36. The monoisotopic (exact) mass is 166 g/mol. The molecule has 0 aromatic heterocycles. The van der Waals surface area contributed by atoms with Gasteiger partial charge in [0.2, 0.25) is 0 Å². The molecule has 1 saturated heterocycles. The Morgan fingerprint density at radius 2 is 1.92 bits per heavy atom. The highest BCUT2D eigenvalue weighted by Crippen LogP contribution is 2.13. The fourth-order valence-corrected chi connectivity index (χ4v) is 1.62. The Labute approximate surface area is 75.0 Å². The molecule has 2 heteroatoms. The van der Waals surface area contributed by atoms with Gasteiger partial charge < -0.3 is 4.90 Å². The molecule has 12 heavy (non-hydrogen) atoms. The van der Waals surface area contributed by atoms with Crippen LogP contribution in [0.15, 0.2) is 16.8 Å². The molecular formula is C10H18N2. The van der Waals surface area contributed by atoms with E-state index in [2.05, 4.69) is 22.9 Å². The SMILES string of the molecule is C/C=C(/C=NC)N1CCCCC1. The third-order valence-corrected chi connectivity index (χ3v) is 2.28. The summed E-state index contributed by atoms with van der Waals surface area (Å²) in [5.41, 5.74) is 1.28. The number of hydrogen-bond donors (Lipinski definition) is 0. The van der Waals surface area contributed by atoms with Crippen molar-refractivity contribution < 1.29 is 0 Å². The van der Waals surface area contributed by atoms with Gasteiger partial charge in [-0.05, 0) is 26.2 Å². The van der Waals surface area contributed by atoms with Crippen molar-refractivity contribution in [2.45, 2.75) is 26.2 Å². The van der Waals surface area contributed by atoms with E-state index in [4.69, 9.17) is 0 Å². The number of nitrogens with zero attached hydrogens (tertiary/aromatic N) is 2. The summed E-state index contributed by atoms with van der Waals surface area (Å²) in [4.78, 5) is 6.46. The summed E-state index contributed by atoms with van der Waals surface area (Å²) in [6.45, 7) is 4.48. The number of rotatable bonds is 2. The smallest absolute Gasteiger partial charge is 0.0504 e. The molecule has 2 nitrogen and oxygen atoms in total. The molecule has 68 valence electrons. The van der Waals surface area contributed by atoms with Crippen LogP contribution in [0, 0.1) is 0 Å². The van der Waals surface area contributed by atoms with Gasteiger partial charge in [0.05, 0.1) is 5.70 Å². The maximum atomic E-state index is 4.05. The fourth-order valence-electron chi connectivity index (χ4n) is 1.62. The van der Waals surface area contributed by atoms with E-state index < -0.39 is 0 Å². The zero-order valence-electron chi connectivity index (χ0n) is 8.08. The van der Waals surface area contributed by atoms with Gasteiger partial charge in [0.1, 0.15) is 0 Å². The van der Waals surface area contributed by atoms with E-state index >= 15 is 0 Å². The molecule has 0 atom stereocenters. The van der Waals surface area contributed by atoms with E-state index in [0.29, 0.717) is 0 Å². The molecule has 1 aliphatic heterocycles. The average molecular weight is 166 g/mol. The maximum absolute atomic E-state index is 4.05. The predicted octanol–water partition coefficient (Wildman–Crippen LogP) is 2.08. The zero-order chi connectivity index (χ0) is 8.81. The molecule has 0 spiro atoms. The van der Waals surface area contributed by atoms with Crippen molar-refractivity contribution in [2.24, 2.45) is 4.99 Å². The summed E-state index contributed by atoms with van der Waals surface area (Å²) in [5.74, 6) is 0. The lowest BCUT2D eigenvalue weighted by Crippen LogP contribution is -2.29. The Morgan fingerprint density at radius 3 is 2.42 bits per heavy atom. The molecule has 0 N–H and O–H groups in total. The van der Waals surface area contributed by atoms with Gasteiger partial charge in [-0.15, -0.1) is 0 Å². The van der Waals surface area contributed by atoms with Crippen LogP contribution in [0.3, 0.4) is 0 Å². The first-order valence-corrected chi connectivity index (χ1v) is 4.72. The average Bonchev–Trinajstić information content (AvgIpc) is 2.15. The van der Waals surface area contributed by atoms with E-state index in [1.165, 1.54) is 38.0 Å². The molecule has 0 aromatic carbocycles. The number of likely N-dealkylation sites (tertiary alicyclic amines) is 1. The Bertz CT molecular complexity index is 176. The molecule has 1 heterocycles. The highest BCUT2D eigenvalue weighted by Gasteiger charge is 2.10. The van der Waals surface area contributed by atoms with Gasteiger partial charge in [-0.1, -0.05) is 6.08 Å². The van der Waals surface area contributed by atoms with E-state index in [1.807, 2.05) is 13.3 Å². The normalized spacial score (nSPS) is 20.5. The van der Waals surface area contributed by atoms with Crippen molar-refractivity contribution in [3.05, 3.63) is 11.8 Å². The van der Waals surface area contributed by atoms with E-state index in [0.717, 1.165) is 0 Å². The summed E-state index contributed by atoms with van der Waals surface area (Å²) in [6, 6.07) is 0. The van der Waals surface area contributed by atoms with Crippen LogP contribution in [0.1, 0.15) is 26.2 Å². The Morgan fingerprint density at radius 1 is 1.25 bits per heavy atom. The lowest BCUT2D eigenvalue weighted by Gasteiger charge is -2.29. The van der Waals surface area contributed by atoms with Gasteiger partial charge in [0, 0.05) is 26.4 Å². The lowest BCUT2D eigenvalue weighted by molar-refractivity contribution is 0.298.